The number of rotatable bonds is 4. The molecule has 168 valence electrons. The number of amides is 1. The zero-order valence-electron chi connectivity index (χ0n) is 19.2. The summed E-state index contributed by atoms with van der Waals surface area (Å²) >= 11 is 6.20. The van der Waals surface area contributed by atoms with Gasteiger partial charge in [-0.25, -0.2) is 5.43 Å². The topological polar surface area (TPSA) is 90.4 Å². The molecular formula is C25H29ClN4O2. The lowest BCUT2D eigenvalue weighted by Gasteiger charge is -2.27. The predicted octanol–water partition coefficient (Wildman–Crippen LogP) is 5.79. The van der Waals surface area contributed by atoms with E-state index in [0.717, 1.165) is 22.3 Å². The average Bonchev–Trinajstić information content (AvgIpc) is 3.17. The lowest BCUT2D eigenvalue weighted by molar-refractivity contribution is 0.0950. The lowest BCUT2D eigenvalue weighted by Crippen LogP contribution is -2.19. The number of hydrogen-bond donors (Lipinski definition) is 3. The monoisotopic (exact) mass is 452 g/mol. The van der Waals surface area contributed by atoms with Gasteiger partial charge in [0.2, 0.25) is 0 Å². The molecule has 32 heavy (non-hydrogen) atoms. The summed E-state index contributed by atoms with van der Waals surface area (Å²) in [5.74, 6) is -0.117. The zero-order valence-corrected chi connectivity index (χ0v) is 20.0. The molecule has 0 aliphatic heterocycles. The Kier molecular flexibility index (Phi) is 6.46. The molecule has 0 spiro atoms. The number of aromatic nitrogens is 2. The van der Waals surface area contributed by atoms with E-state index in [4.69, 9.17) is 11.6 Å². The van der Waals surface area contributed by atoms with E-state index in [-0.39, 0.29) is 16.5 Å². The van der Waals surface area contributed by atoms with Crippen LogP contribution in [0.15, 0.2) is 47.6 Å². The highest BCUT2D eigenvalue weighted by atomic mass is 35.5. The molecule has 2 aromatic carbocycles. The minimum absolute atomic E-state index is 0.248. The number of aromatic amines is 1. The maximum absolute atomic E-state index is 12.5. The van der Waals surface area contributed by atoms with Gasteiger partial charge in [0.05, 0.1) is 16.9 Å². The van der Waals surface area contributed by atoms with E-state index in [2.05, 4.69) is 20.7 Å². The minimum Gasteiger partial charge on any atom is -0.507 e. The smallest absolute Gasteiger partial charge is 0.289 e. The number of H-pyrrole nitrogens is 1. The number of nitrogens with zero attached hydrogens (tertiary/aromatic N) is 2. The van der Waals surface area contributed by atoms with Crippen molar-refractivity contribution in [2.45, 2.75) is 52.4 Å². The number of phenolic OH excluding ortho intramolecular Hbond substituents is 1. The van der Waals surface area contributed by atoms with Crippen LogP contribution in [0.4, 0.5) is 0 Å². The third kappa shape index (κ3) is 5.19. The molecule has 0 saturated heterocycles. The Morgan fingerprint density at radius 2 is 1.66 bits per heavy atom. The van der Waals surface area contributed by atoms with Crippen molar-refractivity contribution in [3.8, 4) is 17.0 Å². The van der Waals surface area contributed by atoms with Crippen molar-refractivity contribution in [1.82, 2.24) is 15.6 Å². The van der Waals surface area contributed by atoms with Gasteiger partial charge in [0.1, 0.15) is 11.4 Å². The van der Waals surface area contributed by atoms with Crippen molar-refractivity contribution in [3.63, 3.8) is 0 Å². The number of aromatic hydroxyl groups is 1. The van der Waals surface area contributed by atoms with Crippen LogP contribution in [0.1, 0.15) is 68.7 Å². The third-order valence-corrected chi connectivity index (χ3v) is 5.43. The number of carbonyl (C=O) groups excluding carboxylic acids is 1. The standard InChI is InChI=1S/C25H29ClN4O2/c1-24(2,3)17-11-15(12-18(22(17)31)25(4,5)6)14-27-30-23(32)21-13-20(28-29-21)16-9-7-8-10-19(16)26/h7-14,31H,1-6H3,(H,28,29)(H,30,32). The Bertz CT molecular complexity index is 1130. The Labute approximate surface area is 193 Å². The summed E-state index contributed by atoms with van der Waals surface area (Å²) in [7, 11) is 0. The highest BCUT2D eigenvalue weighted by Gasteiger charge is 2.26. The number of hydrazone groups is 1. The quantitative estimate of drug-likeness (QED) is 0.345. The molecule has 1 aromatic heterocycles. The summed E-state index contributed by atoms with van der Waals surface area (Å²) in [6, 6.07) is 12.7. The molecule has 0 aliphatic rings. The molecule has 1 amide bonds. The van der Waals surface area contributed by atoms with Crippen molar-refractivity contribution in [2.75, 3.05) is 0 Å². The highest BCUT2D eigenvalue weighted by molar-refractivity contribution is 6.33. The molecule has 6 nitrogen and oxygen atoms in total. The molecule has 0 saturated carbocycles. The van der Waals surface area contributed by atoms with E-state index < -0.39 is 5.91 Å². The number of nitrogens with one attached hydrogen (secondary N) is 2. The van der Waals surface area contributed by atoms with Gasteiger partial charge in [0.15, 0.2) is 0 Å². The van der Waals surface area contributed by atoms with E-state index in [1.165, 1.54) is 0 Å². The van der Waals surface area contributed by atoms with Gasteiger partial charge in [-0.1, -0.05) is 71.3 Å². The molecule has 0 fully saturated rings. The molecular weight excluding hydrogens is 424 g/mol. The van der Waals surface area contributed by atoms with Crippen LogP contribution < -0.4 is 5.43 Å². The normalized spacial score (nSPS) is 12.3. The summed E-state index contributed by atoms with van der Waals surface area (Å²) in [5, 5.41) is 22.4. The second-order valence-corrected chi connectivity index (χ2v) is 10.2. The molecule has 1 heterocycles. The van der Waals surface area contributed by atoms with Crippen molar-refractivity contribution in [1.29, 1.82) is 0 Å². The summed E-state index contributed by atoms with van der Waals surface area (Å²) in [6.45, 7) is 12.3. The van der Waals surface area contributed by atoms with E-state index in [9.17, 15) is 9.90 Å². The predicted molar refractivity (Wildman–Crippen MR) is 130 cm³/mol. The molecule has 7 heteroatoms. The molecule has 3 rings (SSSR count). The fourth-order valence-corrected chi connectivity index (χ4v) is 3.58. The van der Waals surface area contributed by atoms with Crippen molar-refractivity contribution >= 4 is 23.7 Å². The Hall–Kier alpha value is -3.12. The number of benzene rings is 2. The van der Waals surface area contributed by atoms with Gasteiger partial charge in [-0.2, -0.15) is 10.2 Å². The van der Waals surface area contributed by atoms with Crippen LogP contribution in [-0.4, -0.2) is 27.4 Å². The van der Waals surface area contributed by atoms with Gasteiger partial charge in [-0.3, -0.25) is 9.89 Å². The average molecular weight is 453 g/mol. The van der Waals surface area contributed by atoms with Crippen LogP contribution in [0.25, 0.3) is 11.3 Å². The first-order chi connectivity index (χ1) is 14.9. The van der Waals surface area contributed by atoms with Gasteiger partial charge in [-0.15, -0.1) is 0 Å². The Balaban J connectivity index is 1.82. The van der Waals surface area contributed by atoms with Gasteiger partial charge in [0.25, 0.3) is 5.91 Å². The lowest BCUT2D eigenvalue weighted by atomic mass is 9.78. The van der Waals surface area contributed by atoms with Gasteiger partial charge in [-0.05, 0) is 40.7 Å². The van der Waals surface area contributed by atoms with E-state index in [1.807, 2.05) is 71.9 Å². The van der Waals surface area contributed by atoms with E-state index in [0.29, 0.717) is 16.5 Å². The molecule has 3 N–H and O–H groups in total. The Morgan fingerprint density at radius 3 is 2.22 bits per heavy atom. The van der Waals surface area contributed by atoms with Crippen LogP contribution in [0.3, 0.4) is 0 Å². The number of phenols is 1. The maximum atomic E-state index is 12.5. The van der Waals surface area contributed by atoms with Crippen molar-refractivity contribution < 1.29 is 9.90 Å². The largest absolute Gasteiger partial charge is 0.507 e. The second-order valence-electron chi connectivity index (χ2n) is 9.81. The number of carbonyl (C=O) groups is 1. The van der Waals surface area contributed by atoms with Crippen LogP contribution in [0.5, 0.6) is 5.75 Å². The molecule has 0 aliphatic carbocycles. The first-order valence-corrected chi connectivity index (χ1v) is 10.8. The summed E-state index contributed by atoms with van der Waals surface area (Å²) in [5.41, 5.74) is 6.06. The molecule has 0 radical (unpaired) electrons. The van der Waals surface area contributed by atoms with E-state index in [1.54, 1.807) is 18.3 Å². The first-order valence-electron chi connectivity index (χ1n) is 10.4. The summed E-state index contributed by atoms with van der Waals surface area (Å²) in [4.78, 5) is 12.5. The molecule has 0 atom stereocenters. The molecule has 3 aromatic rings. The first kappa shape index (κ1) is 23.5. The number of hydrogen-bond acceptors (Lipinski definition) is 4. The second kappa shape index (κ2) is 8.79. The zero-order chi connectivity index (χ0) is 23.7. The fraction of sp³-hybridized carbons (Fsp3) is 0.320. The minimum atomic E-state index is -0.419. The van der Waals surface area contributed by atoms with Crippen LogP contribution in [-0.2, 0) is 10.8 Å². The Morgan fingerprint density at radius 1 is 1.06 bits per heavy atom. The number of halogens is 1. The summed E-state index contributed by atoms with van der Waals surface area (Å²) < 4.78 is 0. The third-order valence-electron chi connectivity index (χ3n) is 5.10. The fourth-order valence-electron chi connectivity index (χ4n) is 3.35. The molecule has 0 unspecified atom stereocenters. The van der Waals surface area contributed by atoms with Crippen LogP contribution in [0, 0.1) is 0 Å². The van der Waals surface area contributed by atoms with Crippen molar-refractivity contribution in [2.24, 2.45) is 5.10 Å². The maximum Gasteiger partial charge on any atom is 0.289 e. The van der Waals surface area contributed by atoms with Crippen LogP contribution >= 0.6 is 11.6 Å². The van der Waals surface area contributed by atoms with Gasteiger partial charge < -0.3 is 5.11 Å². The van der Waals surface area contributed by atoms with Gasteiger partial charge >= 0.3 is 0 Å². The van der Waals surface area contributed by atoms with Crippen molar-refractivity contribution in [3.05, 3.63) is 69.9 Å². The van der Waals surface area contributed by atoms with E-state index >= 15 is 0 Å². The van der Waals surface area contributed by atoms with Gasteiger partial charge in [0, 0.05) is 16.7 Å². The van der Waals surface area contributed by atoms with Crippen LogP contribution in [0.2, 0.25) is 5.02 Å². The molecule has 0 bridgehead atoms. The highest BCUT2D eigenvalue weighted by Crippen LogP contribution is 2.39. The summed E-state index contributed by atoms with van der Waals surface area (Å²) in [6.07, 6.45) is 1.58. The SMILES string of the molecule is CC(C)(C)c1cc(C=NNC(=O)c2cc(-c3ccccc3Cl)n[nH]2)cc(C(C)(C)C)c1O.